The predicted octanol–water partition coefficient (Wildman–Crippen LogP) is 3.56. The van der Waals surface area contributed by atoms with Gasteiger partial charge in [-0.1, -0.05) is 34.5 Å². The molecule has 1 aliphatic heterocycles. The third-order valence-corrected chi connectivity index (χ3v) is 4.51. The number of amides is 1. The number of piperidine rings is 1. The Hall–Kier alpha value is -0.580. The molecule has 5 heteroatoms. The van der Waals surface area contributed by atoms with Crippen LogP contribution in [0, 0.1) is 5.92 Å². The quantitative estimate of drug-likeness (QED) is 0.891. The molecule has 1 aromatic rings. The second-order valence-electron chi connectivity index (χ2n) is 5.25. The zero-order chi connectivity index (χ0) is 14.5. The molecule has 0 saturated carbocycles. The maximum Gasteiger partial charge on any atom is 0.251 e. The van der Waals surface area contributed by atoms with Gasteiger partial charge in [0, 0.05) is 21.6 Å². The number of nitrogens with zero attached hydrogens (tertiary/aromatic N) is 1. The molecule has 0 bridgehead atoms. The first-order chi connectivity index (χ1) is 9.58. The van der Waals surface area contributed by atoms with E-state index in [9.17, 15) is 4.79 Å². The Bertz CT molecular complexity index is 453. The summed E-state index contributed by atoms with van der Waals surface area (Å²) in [5.41, 5.74) is 0.607. The van der Waals surface area contributed by atoms with Crippen LogP contribution in [0.15, 0.2) is 22.7 Å². The van der Waals surface area contributed by atoms with Gasteiger partial charge in [-0.3, -0.25) is 4.79 Å². The Morgan fingerprint density at radius 3 is 2.70 bits per heavy atom. The Morgan fingerprint density at radius 1 is 1.40 bits per heavy atom. The van der Waals surface area contributed by atoms with Crippen LogP contribution in [0.3, 0.4) is 0 Å². The predicted molar refractivity (Wildman–Crippen MR) is 86.3 cm³/mol. The van der Waals surface area contributed by atoms with Crippen LogP contribution in [0.1, 0.15) is 30.1 Å². The van der Waals surface area contributed by atoms with Crippen molar-refractivity contribution in [3.63, 3.8) is 0 Å². The standard InChI is InChI=1S/C15H20BrClN2O/c1-2-19-5-3-11(4-6-19)10-18-15(20)12-7-13(16)9-14(17)8-12/h7-9,11H,2-6,10H2,1H3,(H,18,20). The fraction of sp³-hybridized carbons (Fsp3) is 0.533. The molecular weight excluding hydrogens is 340 g/mol. The second kappa shape index (κ2) is 7.43. The van der Waals surface area contributed by atoms with Gasteiger partial charge in [0.25, 0.3) is 5.91 Å². The van der Waals surface area contributed by atoms with Gasteiger partial charge in [0.15, 0.2) is 0 Å². The lowest BCUT2D eigenvalue weighted by atomic mass is 9.97. The van der Waals surface area contributed by atoms with Gasteiger partial charge in [0.2, 0.25) is 0 Å². The first-order valence-corrected chi connectivity index (χ1v) is 8.22. The van der Waals surface area contributed by atoms with Gasteiger partial charge < -0.3 is 10.2 Å². The fourth-order valence-electron chi connectivity index (χ4n) is 2.53. The van der Waals surface area contributed by atoms with Crippen LogP contribution in [-0.2, 0) is 0 Å². The lowest BCUT2D eigenvalue weighted by Gasteiger charge is -2.31. The third kappa shape index (κ3) is 4.47. The number of carbonyl (C=O) groups is 1. The van der Waals surface area contributed by atoms with Gasteiger partial charge >= 0.3 is 0 Å². The molecule has 1 fully saturated rings. The summed E-state index contributed by atoms with van der Waals surface area (Å²) < 4.78 is 0.825. The minimum Gasteiger partial charge on any atom is -0.352 e. The lowest BCUT2D eigenvalue weighted by molar-refractivity contribution is 0.0937. The zero-order valence-corrected chi connectivity index (χ0v) is 14.0. The summed E-state index contributed by atoms with van der Waals surface area (Å²) in [4.78, 5) is 14.6. The van der Waals surface area contributed by atoms with Gasteiger partial charge in [-0.15, -0.1) is 0 Å². The first kappa shape index (κ1) is 15.8. The fourth-order valence-corrected chi connectivity index (χ4v) is 3.39. The van der Waals surface area contributed by atoms with Crippen LogP contribution in [0.25, 0.3) is 0 Å². The minimum atomic E-state index is -0.0499. The van der Waals surface area contributed by atoms with Crippen molar-refractivity contribution in [2.24, 2.45) is 5.92 Å². The van der Waals surface area contributed by atoms with Gasteiger partial charge in [-0.05, 0) is 56.6 Å². The van der Waals surface area contributed by atoms with Crippen LogP contribution in [0.2, 0.25) is 5.02 Å². The molecular formula is C15H20BrClN2O. The van der Waals surface area contributed by atoms with Crippen molar-refractivity contribution in [2.75, 3.05) is 26.2 Å². The van der Waals surface area contributed by atoms with Crippen molar-refractivity contribution >= 4 is 33.4 Å². The second-order valence-corrected chi connectivity index (χ2v) is 6.60. The van der Waals surface area contributed by atoms with Crippen molar-refractivity contribution in [3.05, 3.63) is 33.3 Å². The normalized spacial score (nSPS) is 17.1. The van der Waals surface area contributed by atoms with E-state index in [-0.39, 0.29) is 5.91 Å². The topological polar surface area (TPSA) is 32.3 Å². The largest absolute Gasteiger partial charge is 0.352 e. The van der Waals surface area contributed by atoms with Crippen LogP contribution in [0.4, 0.5) is 0 Å². The minimum absolute atomic E-state index is 0.0499. The number of hydrogen-bond donors (Lipinski definition) is 1. The molecule has 1 heterocycles. The van der Waals surface area contributed by atoms with Gasteiger partial charge in [-0.25, -0.2) is 0 Å². The number of carbonyl (C=O) groups excluding carboxylic acids is 1. The van der Waals surface area contributed by atoms with Gasteiger partial charge in [0.1, 0.15) is 0 Å². The van der Waals surface area contributed by atoms with Crippen molar-refractivity contribution in [1.82, 2.24) is 10.2 Å². The van der Waals surface area contributed by atoms with Crippen LogP contribution >= 0.6 is 27.5 Å². The summed E-state index contributed by atoms with van der Waals surface area (Å²) in [6.45, 7) is 6.34. The van der Waals surface area contributed by atoms with E-state index in [1.165, 1.54) is 0 Å². The molecule has 2 rings (SSSR count). The number of nitrogens with one attached hydrogen (secondary N) is 1. The number of hydrogen-bond acceptors (Lipinski definition) is 2. The first-order valence-electron chi connectivity index (χ1n) is 7.05. The number of rotatable bonds is 4. The van der Waals surface area contributed by atoms with E-state index in [2.05, 4.69) is 33.1 Å². The van der Waals surface area contributed by atoms with Crippen molar-refractivity contribution in [1.29, 1.82) is 0 Å². The van der Waals surface area contributed by atoms with Gasteiger partial charge in [-0.2, -0.15) is 0 Å². The highest BCUT2D eigenvalue weighted by Crippen LogP contribution is 2.20. The highest BCUT2D eigenvalue weighted by atomic mass is 79.9. The van der Waals surface area contributed by atoms with E-state index in [1.807, 2.05) is 0 Å². The van der Waals surface area contributed by atoms with Gasteiger partial charge in [0.05, 0.1) is 0 Å². The highest BCUT2D eigenvalue weighted by Gasteiger charge is 2.18. The van der Waals surface area contributed by atoms with E-state index in [0.717, 1.165) is 43.5 Å². The van der Waals surface area contributed by atoms with E-state index >= 15 is 0 Å². The molecule has 3 nitrogen and oxygen atoms in total. The van der Waals surface area contributed by atoms with E-state index in [0.29, 0.717) is 16.5 Å². The number of halogens is 2. The highest BCUT2D eigenvalue weighted by molar-refractivity contribution is 9.10. The van der Waals surface area contributed by atoms with Crippen molar-refractivity contribution < 1.29 is 4.79 Å². The maximum absolute atomic E-state index is 12.1. The average molecular weight is 360 g/mol. The molecule has 1 aromatic carbocycles. The molecule has 20 heavy (non-hydrogen) atoms. The molecule has 0 aliphatic carbocycles. The summed E-state index contributed by atoms with van der Waals surface area (Å²) in [6, 6.07) is 5.26. The molecule has 0 unspecified atom stereocenters. The maximum atomic E-state index is 12.1. The summed E-state index contributed by atoms with van der Waals surface area (Å²) >= 11 is 9.31. The van der Waals surface area contributed by atoms with E-state index < -0.39 is 0 Å². The number of benzene rings is 1. The Balaban J connectivity index is 1.83. The lowest BCUT2D eigenvalue weighted by Crippen LogP contribution is -2.38. The molecule has 1 N–H and O–H groups in total. The number of likely N-dealkylation sites (tertiary alicyclic amines) is 1. The Morgan fingerprint density at radius 2 is 2.10 bits per heavy atom. The molecule has 1 aliphatic rings. The monoisotopic (exact) mass is 358 g/mol. The molecule has 1 saturated heterocycles. The van der Waals surface area contributed by atoms with Crippen molar-refractivity contribution in [2.45, 2.75) is 19.8 Å². The molecule has 0 aromatic heterocycles. The van der Waals surface area contributed by atoms with Crippen LogP contribution in [-0.4, -0.2) is 37.0 Å². The summed E-state index contributed by atoms with van der Waals surface area (Å²) in [6.07, 6.45) is 2.32. The molecule has 1 amide bonds. The SMILES string of the molecule is CCN1CCC(CNC(=O)c2cc(Cl)cc(Br)c2)CC1. The van der Waals surface area contributed by atoms with E-state index in [4.69, 9.17) is 11.6 Å². The molecule has 110 valence electrons. The van der Waals surface area contributed by atoms with Crippen LogP contribution < -0.4 is 5.32 Å². The van der Waals surface area contributed by atoms with Crippen molar-refractivity contribution in [3.8, 4) is 0 Å². The third-order valence-electron chi connectivity index (χ3n) is 3.83. The Labute approximate surface area is 133 Å². The summed E-state index contributed by atoms with van der Waals surface area (Å²) in [5, 5.41) is 3.59. The van der Waals surface area contributed by atoms with Crippen LogP contribution in [0.5, 0.6) is 0 Å². The molecule has 0 spiro atoms. The molecule has 0 atom stereocenters. The molecule has 0 radical (unpaired) electrons. The smallest absolute Gasteiger partial charge is 0.251 e. The summed E-state index contributed by atoms with van der Waals surface area (Å²) in [7, 11) is 0. The Kier molecular flexibility index (Phi) is 5.87. The summed E-state index contributed by atoms with van der Waals surface area (Å²) in [5.74, 6) is 0.537. The zero-order valence-electron chi connectivity index (χ0n) is 11.7. The van der Waals surface area contributed by atoms with E-state index in [1.54, 1.807) is 18.2 Å². The average Bonchev–Trinajstić information content (AvgIpc) is 2.44.